The summed E-state index contributed by atoms with van der Waals surface area (Å²) in [6.07, 6.45) is 3.30. The van der Waals surface area contributed by atoms with E-state index in [-0.39, 0.29) is 48.2 Å². The summed E-state index contributed by atoms with van der Waals surface area (Å²) in [4.78, 5) is 37.6. The molecule has 4 rings (SSSR count). The van der Waals surface area contributed by atoms with E-state index in [4.69, 9.17) is 4.74 Å². The van der Waals surface area contributed by atoms with Crippen molar-refractivity contribution in [3.05, 3.63) is 23.8 Å². The Morgan fingerprint density at radius 2 is 1.94 bits per heavy atom. The monoisotopic (exact) mass is 478 g/mol. The van der Waals surface area contributed by atoms with Gasteiger partial charge >= 0.3 is 5.97 Å². The molecule has 0 heterocycles. The molecular weight excluding hydrogens is 442 g/mol. The third kappa shape index (κ3) is 3.44. The number of rotatable bonds is 6. The SMILES string of the molecule is CCCCC(=O)O[C@H]1C[C@@]2(C)[C@@H](C[C@@H](C)[C@@H]2C(=O)CO)[C@@H]2C[C@H](F)C3=CC(=O)C=C[C@]3(C)[C@@]12F. The van der Waals surface area contributed by atoms with Gasteiger partial charge in [-0.25, -0.2) is 8.78 Å². The van der Waals surface area contributed by atoms with Gasteiger partial charge in [0.15, 0.2) is 17.2 Å². The number of hydrogen-bond acceptors (Lipinski definition) is 5. The standard InChI is InChI=1S/C27H36F2O5/c1-5-6-7-23(33)34-22-13-25(3)17(10-15(2)24(25)21(32)14-30)18-12-20(28)19-11-16(31)8-9-26(19,4)27(18,22)29/h8-9,11,15,17-18,20,22,24,30H,5-7,10,12-14H2,1-4H3/t15-,17+,18+,20+,22+,24-,25+,26+,27+/m1/s1. The molecule has 0 amide bonds. The van der Waals surface area contributed by atoms with E-state index in [1.54, 1.807) is 6.92 Å². The van der Waals surface area contributed by atoms with Crippen molar-refractivity contribution in [3.8, 4) is 0 Å². The molecular formula is C27H36F2O5. The first kappa shape index (κ1) is 25.2. The molecule has 3 fully saturated rings. The molecule has 0 aromatic rings. The molecule has 4 aliphatic carbocycles. The van der Waals surface area contributed by atoms with E-state index < -0.39 is 53.2 Å². The quantitative estimate of drug-likeness (QED) is 0.570. The molecule has 4 aliphatic rings. The average Bonchev–Trinajstić information content (AvgIpc) is 3.05. The summed E-state index contributed by atoms with van der Waals surface area (Å²) in [6.45, 7) is 6.77. The summed E-state index contributed by atoms with van der Waals surface area (Å²) in [5.74, 6) is -2.94. The summed E-state index contributed by atoms with van der Waals surface area (Å²) in [7, 11) is 0. The van der Waals surface area contributed by atoms with Crippen LogP contribution >= 0.6 is 0 Å². The number of carbonyl (C=O) groups is 3. The fourth-order valence-electron chi connectivity index (χ4n) is 7.98. The number of aliphatic hydroxyl groups is 1. The largest absolute Gasteiger partial charge is 0.459 e. The van der Waals surface area contributed by atoms with Crippen LogP contribution in [0.5, 0.6) is 0 Å². The van der Waals surface area contributed by atoms with Crippen LogP contribution in [-0.4, -0.2) is 47.2 Å². The highest BCUT2D eigenvalue weighted by Crippen LogP contribution is 2.70. The van der Waals surface area contributed by atoms with Gasteiger partial charge in [-0.2, -0.15) is 0 Å². The minimum Gasteiger partial charge on any atom is -0.459 e. The van der Waals surface area contributed by atoms with E-state index >= 15 is 8.78 Å². The number of unbranched alkanes of at least 4 members (excludes halogenated alkanes) is 1. The lowest BCUT2D eigenvalue weighted by atomic mass is 9.44. The molecule has 5 nitrogen and oxygen atoms in total. The number of allylic oxidation sites excluding steroid dienone is 4. The smallest absolute Gasteiger partial charge is 0.306 e. The van der Waals surface area contributed by atoms with Crippen LogP contribution in [0.25, 0.3) is 0 Å². The molecule has 3 saturated carbocycles. The van der Waals surface area contributed by atoms with Gasteiger partial charge in [0.2, 0.25) is 0 Å². The zero-order valence-electron chi connectivity index (χ0n) is 20.5. The van der Waals surface area contributed by atoms with Gasteiger partial charge in [0, 0.05) is 23.7 Å². The number of fused-ring (bicyclic) bond motifs is 5. The molecule has 9 atom stereocenters. The Labute approximate surface area is 200 Å². The number of aliphatic hydroxyl groups excluding tert-OH is 1. The number of ether oxygens (including phenoxy) is 1. The number of alkyl halides is 2. The molecule has 1 N–H and O–H groups in total. The van der Waals surface area contributed by atoms with Crippen LogP contribution in [0, 0.1) is 34.5 Å². The van der Waals surface area contributed by atoms with E-state index in [2.05, 4.69) is 0 Å². The van der Waals surface area contributed by atoms with E-state index in [0.717, 1.165) is 6.42 Å². The van der Waals surface area contributed by atoms with Gasteiger partial charge in [0.05, 0.1) is 0 Å². The lowest BCUT2D eigenvalue weighted by Gasteiger charge is -2.62. The van der Waals surface area contributed by atoms with Crippen LogP contribution in [0.15, 0.2) is 23.8 Å². The fraction of sp³-hybridized carbons (Fsp3) is 0.741. The van der Waals surface area contributed by atoms with Crippen molar-refractivity contribution in [2.75, 3.05) is 6.61 Å². The van der Waals surface area contributed by atoms with E-state index in [1.807, 2.05) is 20.8 Å². The summed E-state index contributed by atoms with van der Waals surface area (Å²) < 4.78 is 39.2. The summed E-state index contributed by atoms with van der Waals surface area (Å²) in [5.41, 5.74) is -4.20. The van der Waals surface area contributed by atoms with Crippen LogP contribution in [-0.2, 0) is 19.1 Å². The van der Waals surface area contributed by atoms with Gasteiger partial charge in [-0.05, 0) is 67.6 Å². The Morgan fingerprint density at radius 3 is 2.59 bits per heavy atom. The second kappa shape index (κ2) is 8.65. The lowest BCUT2D eigenvalue weighted by molar-refractivity contribution is -0.218. The number of halogens is 2. The van der Waals surface area contributed by atoms with Crippen molar-refractivity contribution in [3.63, 3.8) is 0 Å². The van der Waals surface area contributed by atoms with Crippen LogP contribution < -0.4 is 0 Å². The first-order chi connectivity index (χ1) is 15.9. The maximum atomic E-state index is 17.7. The second-order valence-electron chi connectivity index (χ2n) is 11.3. The Bertz CT molecular complexity index is 943. The van der Waals surface area contributed by atoms with Crippen molar-refractivity contribution >= 4 is 17.5 Å². The van der Waals surface area contributed by atoms with Crippen LogP contribution in [0.4, 0.5) is 8.78 Å². The molecule has 0 unspecified atom stereocenters. The molecule has 7 heteroatoms. The van der Waals surface area contributed by atoms with E-state index in [9.17, 15) is 19.5 Å². The zero-order valence-corrected chi connectivity index (χ0v) is 20.5. The molecule has 0 bridgehead atoms. The Kier molecular flexibility index (Phi) is 6.41. The third-order valence-electron chi connectivity index (χ3n) is 9.45. The molecule has 188 valence electrons. The minimum absolute atomic E-state index is 0.103. The van der Waals surface area contributed by atoms with Gasteiger partial charge in [0.1, 0.15) is 18.9 Å². The van der Waals surface area contributed by atoms with Crippen molar-refractivity contribution in [2.24, 2.45) is 34.5 Å². The predicted octanol–water partition coefficient (Wildman–Crippen LogP) is 4.47. The number of carbonyl (C=O) groups excluding carboxylic acids is 3. The van der Waals surface area contributed by atoms with Crippen LogP contribution in [0.1, 0.15) is 66.2 Å². The molecule has 0 aliphatic heterocycles. The highest BCUT2D eigenvalue weighted by atomic mass is 19.1. The van der Waals surface area contributed by atoms with Gasteiger partial charge < -0.3 is 9.84 Å². The first-order valence-electron chi connectivity index (χ1n) is 12.5. The van der Waals surface area contributed by atoms with Crippen molar-refractivity contribution in [1.29, 1.82) is 0 Å². The number of Topliss-reactive ketones (excluding diaryl/α,β-unsaturated/α-hetero) is 1. The van der Waals surface area contributed by atoms with E-state index in [1.165, 1.54) is 18.2 Å². The van der Waals surface area contributed by atoms with Gasteiger partial charge in [0.25, 0.3) is 0 Å². The molecule has 34 heavy (non-hydrogen) atoms. The first-order valence-corrected chi connectivity index (χ1v) is 12.5. The molecule has 0 radical (unpaired) electrons. The highest BCUT2D eigenvalue weighted by molar-refractivity contribution is 6.01. The maximum Gasteiger partial charge on any atom is 0.306 e. The lowest BCUT2D eigenvalue weighted by Crippen LogP contribution is -2.69. The highest BCUT2D eigenvalue weighted by Gasteiger charge is 2.74. The Balaban J connectivity index is 1.84. The molecule has 0 saturated heterocycles. The molecule has 0 aromatic heterocycles. The van der Waals surface area contributed by atoms with Crippen molar-refractivity contribution in [2.45, 2.75) is 84.2 Å². The molecule has 0 aromatic carbocycles. The summed E-state index contributed by atoms with van der Waals surface area (Å²) in [6, 6.07) is 0. The second-order valence-corrected chi connectivity index (χ2v) is 11.3. The fourth-order valence-corrected chi connectivity index (χ4v) is 7.98. The summed E-state index contributed by atoms with van der Waals surface area (Å²) in [5, 5.41) is 9.65. The minimum atomic E-state index is -2.12. The predicted molar refractivity (Wildman–Crippen MR) is 122 cm³/mol. The normalized spacial score (nSPS) is 45.1. The topological polar surface area (TPSA) is 80.7 Å². The third-order valence-corrected chi connectivity index (χ3v) is 9.45. The molecule has 0 spiro atoms. The summed E-state index contributed by atoms with van der Waals surface area (Å²) >= 11 is 0. The zero-order chi connectivity index (χ0) is 25.1. The maximum absolute atomic E-state index is 17.7. The Morgan fingerprint density at radius 1 is 1.24 bits per heavy atom. The van der Waals surface area contributed by atoms with Crippen molar-refractivity contribution < 1.29 is 33.0 Å². The van der Waals surface area contributed by atoms with Crippen LogP contribution in [0.3, 0.4) is 0 Å². The van der Waals surface area contributed by atoms with Crippen LogP contribution in [0.2, 0.25) is 0 Å². The van der Waals surface area contributed by atoms with Gasteiger partial charge in [-0.1, -0.05) is 33.3 Å². The van der Waals surface area contributed by atoms with Gasteiger partial charge in [-0.15, -0.1) is 0 Å². The Hall–Kier alpha value is -1.89. The number of ketones is 2. The van der Waals surface area contributed by atoms with Gasteiger partial charge in [-0.3, -0.25) is 14.4 Å². The van der Waals surface area contributed by atoms with Crippen molar-refractivity contribution in [1.82, 2.24) is 0 Å². The van der Waals surface area contributed by atoms with E-state index in [0.29, 0.717) is 12.8 Å². The average molecular weight is 479 g/mol. The number of esters is 1. The number of hydrogen-bond donors (Lipinski definition) is 1.